The van der Waals surface area contributed by atoms with Gasteiger partial charge in [-0.3, -0.25) is 4.79 Å². The number of aryl methyl sites for hydroxylation is 1. The van der Waals surface area contributed by atoms with Crippen LogP contribution in [0.4, 0.5) is 0 Å². The van der Waals surface area contributed by atoms with Gasteiger partial charge in [0.25, 0.3) is 5.91 Å². The van der Waals surface area contributed by atoms with E-state index in [1.165, 1.54) is 11.8 Å². The van der Waals surface area contributed by atoms with E-state index in [0.717, 1.165) is 42.5 Å². The number of ether oxygens (including phenoxy) is 1. The number of methoxy groups -OCH3 is 1. The van der Waals surface area contributed by atoms with Gasteiger partial charge in [0, 0.05) is 32.3 Å². The number of hydrogen-bond donors (Lipinski definition) is 1. The van der Waals surface area contributed by atoms with E-state index in [1.54, 1.807) is 19.4 Å². The fourth-order valence-corrected chi connectivity index (χ4v) is 3.46. The number of fused-ring (bicyclic) bond motifs is 1. The minimum Gasteiger partial charge on any atom is -0.377 e. The molecule has 8 heteroatoms. The molecule has 1 aliphatic rings. The highest BCUT2D eigenvalue weighted by Gasteiger charge is 2.22. The van der Waals surface area contributed by atoms with Crippen LogP contribution in [-0.2, 0) is 24.3 Å². The number of carbonyl (C=O) groups is 1. The molecule has 0 fully saturated rings. The largest absolute Gasteiger partial charge is 0.377 e. The van der Waals surface area contributed by atoms with E-state index in [1.807, 2.05) is 12.3 Å². The van der Waals surface area contributed by atoms with Gasteiger partial charge in [0.15, 0.2) is 5.82 Å². The first-order valence-corrected chi connectivity index (χ1v) is 9.15. The molecule has 0 saturated heterocycles. The summed E-state index contributed by atoms with van der Waals surface area (Å²) >= 11 is 1.48. The molecule has 1 aliphatic heterocycles. The van der Waals surface area contributed by atoms with Crippen LogP contribution in [0.25, 0.3) is 0 Å². The molecule has 7 nitrogen and oxygen atoms in total. The second kappa shape index (κ2) is 7.76. The van der Waals surface area contributed by atoms with Crippen LogP contribution in [0.5, 0.6) is 0 Å². The molecule has 0 bridgehead atoms. The van der Waals surface area contributed by atoms with Crippen LogP contribution in [0.2, 0.25) is 0 Å². The lowest BCUT2D eigenvalue weighted by Crippen LogP contribution is -2.35. The van der Waals surface area contributed by atoms with Gasteiger partial charge in [-0.15, -0.1) is 22.0 Å². The Kier molecular flexibility index (Phi) is 5.47. The van der Waals surface area contributed by atoms with E-state index in [2.05, 4.69) is 25.1 Å². The monoisotopic (exact) mass is 347 g/mol. The van der Waals surface area contributed by atoms with Gasteiger partial charge in [0.2, 0.25) is 0 Å². The van der Waals surface area contributed by atoms with Crippen LogP contribution >= 0.6 is 11.8 Å². The summed E-state index contributed by atoms with van der Waals surface area (Å²) in [4.78, 5) is 16.8. The summed E-state index contributed by atoms with van der Waals surface area (Å²) in [7, 11) is 1.65. The average Bonchev–Trinajstić information content (AvgIpc) is 2.87. The molecule has 1 atom stereocenters. The molecule has 1 N–H and O–H groups in total. The molecule has 24 heavy (non-hydrogen) atoms. The quantitative estimate of drug-likeness (QED) is 0.829. The fraction of sp³-hybridized carbons (Fsp3) is 0.500. The van der Waals surface area contributed by atoms with Crippen LogP contribution in [0, 0.1) is 0 Å². The first-order valence-electron chi connectivity index (χ1n) is 7.92. The maximum atomic E-state index is 12.6. The normalized spacial score (nSPS) is 17.2. The Labute approximate surface area is 145 Å². The molecule has 0 aromatic carbocycles. The van der Waals surface area contributed by atoms with Gasteiger partial charge < -0.3 is 14.6 Å². The molecule has 3 rings (SSSR count). The van der Waals surface area contributed by atoms with Crippen molar-refractivity contribution in [1.82, 2.24) is 25.1 Å². The van der Waals surface area contributed by atoms with Gasteiger partial charge >= 0.3 is 0 Å². The van der Waals surface area contributed by atoms with Gasteiger partial charge in [0.05, 0.1) is 5.56 Å². The summed E-state index contributed by atoms with van der Waals surface area (Å²) in [6, 6.07) is 3.72. The predicted octanol–water partition coefficient (Wildman–Crippen LogP) is 1.68. The maximum absolute atomic E-state index is 12.6. The van der Waals surface area contributed by atoms with Crippen molar-refractivity contribution in [2.45, 2.75) is 43.5 Å². The molecule has 0 spiro atoms. The standard InChI is InChI=1S/C16H21N5O2S/c1-23-10-14-20-19-13-6-5-11(7-9-21(13)14)18-15(22)12-4-3-8-17-16(12)24-2/h3-4,8,11H,5-7,9-10H2,1-2H3,(H,18,22). The highest BCUT2D eigenvalue weighted by atomic mass is 32.2. The van der Waals surface area contributed by atoms with E-state index in [-0.39, 0.29) is 11.9 Å². The average molecular weight is 347 g/mol. The summed E-state index contributed by atoms with van der Waals surface area (Å²) in [6.45, 7) is 1.24. The Morgan fingerprint density at radius 2 is 2.33 bits per heavy atom. The fourth-order valence-electron chi connectivity index (χ4n) is 2.92. The molecule has 0 saturated carbocycles. The number of pyridine rings is 1. The Bertz CT molecular complexity index is 718. The summed E-state index contributed by atoms with van der Waals surface area (Å²) in [5.41, 5.74) is 0.633. The number of carbonyl (C=O) groups excluding carboxylic acids is 1. The molecular formula is C16H21N5O2S. The van der Waals surface area contributed by atoms with Gasteiger partial charge in [-0.25, -0.2) is 4.98 Å². The molecule has 0 radical (unpaired) electrons. The van der Waals surface area contributed by atoms with E-state index in [4.69, 9.17) is 4.74 Å². The minimum atomic E-state index is -0.0627. The van der Waals surface area contributed by atoms with Crippen molar-refractivity contribution in [3.8, 4) is 0 Å². The summed E-state index contributed by atoms with van der Waals surface area (Å²) < 4.78 is 7.27. The lowest BCUT2D eigenvalue weighted by molar-refractivity contribution is 0.0929. The van der Waals surface area contributed by atoms with Gasteiger partial charge in [0.1, 0.15) is 17.5 Å². The zero-order valence-corrected chi connectivity index (χ0v) is 14.7. The number of nitrogens with zero attached hydrogens (tertiary/aromatic N) is 4. The summed E-state index contributed by atoms with van der Waals surface area (Å²) in [5, 5.41) is 12.3. The molecule has 1 amide bonds. The van der Waals surface area contributed by atoms with Crippen molar-refractivity contribution in [3.63, 3.8) is 0 Å². The predicted molar refractivity (Wildman–Crippen MR) is 90.9 cm³/mol. The third-order valence-electron chi connectivity index (χ3n) is 4.14. The van der Waals surface area contributed by atoms with Crippen LogP contribution in [0.15, 0.2) is 23.4 Å². The highest BCUT2D eigenvalue weighted by molar-refractivity contribution is 7.98. The van der Waals surface area contributed by atoms with Gasteiger partial charge in [-0.2, -0.15) is 0 Å². The Balaban J connectivity index is 1.66. The number of aromatic nitrogens is 4. The van der Waals surface area contributed by atoms with Crippen LogP contribution < -0.4 is 5.32 Å². The smallest absolute Gasteiger partial charge is 0.254 e. The Hall–Kier alpha value is -1.93. The molecule has 128 valence electrons. The van der Waals surface area contributed by atoms with E-state index in [0.29, 0.717) is 12.2 Å². The van der Waals surface area contributed by atoms with Crippen molar-refractivity contribution in [3.05, 3.63) is 35.5 Å². The molecule has 1 unspecified atom stereocenters. The molecular weight excluding hydrogens is 326 g/mol. The minimum absolute atomic E-state index is 0.0627. The van der Waals surface area contributed by atoms with Crippen LogP contribution in [0.3, 0.4) is 0 Å². The molecule has 2 aromatic heterocycles. The number of hydrogen-bond acceptors (Lipinski definition) is 6. The van der Waals surface area contributed by atoms with Crippen molar-refractivity contribution < 1.29 is 9.53 Å². The molecule has 0 aliphatic carbocycles. The van der Waals surface area contributed by atoms with Crippen molar-refractivity contribution >= 4 is 17.7 Å². The van der Waals surface area contributed by atoms with E-state index in [9.17, 15) is 4.79 Å². The molecule has 3 heterocycles. The summed E-state index contributed by atoms with van der Waals surface area (Å²) in [5.74, 6) is 1.74. The summed E-state index contributed by atoms with van der Waals surface area (Å²) in [6.07, 6.45) is 6.13. The zero-order valence-electron chi connectivity index (χ0n) is 13.9. The van der Waals surface area contributed by atoms with E-state index < -0.39 is 0 Å². The second-order valence-electron chi connectivity index (χ2n) is 5.68. The second-order valence-corrected chi connectivity index (χ2v) is 6.47. The topological polar surface area (TPSA) is 81.9 Å². The first-order chi connectivity index (χ1) is 11.7. The van der Waals surface area contributed by atoms with Crippen molar-refractivity contribution in [2.24, 2.45) is 0 Å². The number of thioether (sulfide) groups is 1. The van der Waals surface area contributed by atoms with Crippen molar-refractivity contribution in [1.29, 1.82) is 0 Å². The lowest BCUT2D eigenvalue weighted by atomic mass is 10.1. The molecule has 2 aromatic rings. The van der Waals surface area contributed by atoms with Crippen LogP contribution in [-0.4, -0.2) is 45.1 Å². The van der Waals surface area contributed by atoms with Crippen molar-refractivity contribution in [2.75, 3.05) is 13.4 Å². The Morgan fingerprint density at radius 3 is 3.12 bits per heavy atom. The Morgan fingerprint density at radius 1 is 1.46 bits per heavy atom. The highest BCUT2D eigenvalue weighted by Crippen LogP contribution is 2.19. The van der Waals surface area contributed by atoms with Gasteiger partial charge in [-0.1, -0.05) is 0 Å². The number of nitrogens with one attached hydrogen (secondary N) is 1. The third kappa shape index (κ3) is 3.59. The number of rotatable bonds is 5. The third-order valence-corrected chi connectivity index (χ3v) is 4.85. The zero-order chi connectivity index (χ0) is 16.9. The van der Waals surface area contributed by atoms with Crippen LogP contribution in [0.1, 0.15) is 34.8 Å². The maximum Gasteiger partial charge on any atom is 0.254 e. The lowest BCUT2D eigenvalue weighted by Gasteiger charge is -2.17. The SMILES string of the molecule is COCc1nnc2n1CCC(NC(=O)c1cccnc1SC)CC2. The van der Waals surface area contributed by atoms with Gasteiger partial charge in [-0.05, 0) is 31.2 Å². The first kappa shape index (κ1) is 16.9. The number of amides is 1. The van der Waals surface area contributed by atoms with E-state index >= 15 is 0 Å².